The summed E-state index contributed by atoms with van der Waals surface area (Å²) in [7, 11) is 0. The maximum atomic E-state index is 12.1. The second-order valence-corrected chi connectivity index (χ2v) is 4.96. The molecule has 5 heteroatoms. The van der Waals surface area contributed by atoms with Crippen molar-refractivity contribution in [1.82, 2.24) is 10.2 Å². The van der Waals surface area contributed by atoms with Gasteiger partial charge in [0.05, 0.1) is 5.69 Å². The zero-order valence-corrected chi connectivity index (χ0v) is 11.2. The number of nitrogens with zero attached hydrogens (tertiary/aromatic N) is 1. The van der Waals surface area contributed by atoms with Crippen LogP contribution < -0.4 is 11.1 Å². The Kier molecular flexibility index (Phi) is 4.27. The Hall–Kier alpha value is -1.75. The number of phenols is 1. The first-order valence-corrected chi connectivity index (χ1v) is 6.72. The molecule has 0 bridgehead atoms. The molecule has 19 heavy (non-hydrogen) atoms. The molecule has 0 unspecified atom stereocenters. The quantitative estimate of drug-likeness (QED) is 0.565. The highest BCUT2D eigenvalue weighted by atomic mass is 16.3. The molecule has 0 spiro atoms. The minimum absolute atomic E-state index is 0.0477. The number of rotatable bonds is 3. The Balaban J connectivity index is 1.92. The van der Waals surface area contributed by atoms with Crippen molar-refractivity contribution in [2.75, 3.05) is 25.4 Å². The van der Waals surface area contributed by atoms with E-state index in [0.717, 1.165) is 32.5 Å². The van der Waals surface area contributed by atoms with Gasteiger partial charge in [-0.1, -0.05) is 6.92 Å². The number of piperidine rings is 1. The van der Waals surface area contributed by atoms with Gasteiger partial charge in [-0.2, -0.15) is 0 Å². The average Bonchev–Trinajstić information content (AvgIpc) is 2.42. The molecule has 0 aromatic heterocycles. The number of hydrogen-bond donors (Lipinski definition) is 3. The van der Waals surface area contributed by atoms with Crippen LogP contribution in [0.5, 0.6) is 5.75 Å². The molecule has 0 atom stereocenters. The zero-order chi connectivity index (χ0) is 13.8. The predicted octanol–water partition coefficient (Wildman–Crippen LogP) is 1.19. The Morgan fingerprint density at radius 3 is 2.74 bits per heavy atom. The fourth-order valence-corrected chi connectivity index (χ4v) is 2.35. The van der Waals surface area contributed by atoms with Gasteiger partial charge in [0.1, 0.15) is 5.75 Å². The van der Waals surface area contributed by atoms with Crippen LogP contribution in [0.25, 0.3) is 0 Å². The smallest absolute Gasteiger partial charge is 0.251 e. The van der Waals surface area contributed by atoms with Gasteiger partial charge in [-0.05, 0) is 37.6 Å². The van der Waals surface area contributed by atoms with E-state index in [1.165, 1.54) is 6.07 Å². The maximum absolute atomic E-state index is 12.1. The van der Waals surface area contributed by atoms with E-state index < -0.39 is 0 Å². The van der Waals surface area contributed by atoms with E-state index >= 15 is 0 Å². The summed E-state index contributed by atoms with van der Waals surface area (Å²) in [5.41, 5.74) is 6.25. The Labute approximate surface area is 113 Å². The summed E-state index contributed by atoms with van der Waals surface area (Å²) >= 11 is 0. The second kappa shape index (κ2) is 5.93. The lowest BCUT2D eigenvalue weighted by Crippen LogP contribution is -2.44. The topological polar surface area (TPSA) is 78.6 Å². The number of anilines is 1. The molecule has 0 saturated carbocycles. The van der Waals surface area contributed by atoms with E-state index in [2.05, 4.69) is 17.1 Å². The van der Waals surface area contributed by atoms with Crippen LogP contribution in [0.2, 0.25) is 0 Å². The van der Waals surface area contributed by atoms with Crippen molar-refractivity contribution in [3.05, 3.63) is 23.8 Å². The van der Waals surface area contributed by atoms with Crippen LogP contribution in [0.4, 0.5) is 5.69 Å². The van der Waals surface area contributed by atoms with Gasteiger partial charge in [0, 0.05) is 24.7 Å². The first-order chi connectivity index (χ1) is 9.10. The minimum atomic E-state index is -0.148. The molecular weight excluding hydrogens is 242 g/mol. The lowest BCUT2D eigenvalue weighted by atomic mass is 10.0. The number of benzene rings is 1. The number of hydrogen-bond acceptors (Lipinski definition) is 4. The summed E-state index contributed by atoms with van der Waals surface area (Å²) in [6, 6.07) is 4.80. The summed E-state index contributed by atoms with van der Waals surface area (Å²) in [5.74, 6) is -0.196. The van der Waals surface area contributed by atoms with Gasteiger partial charge in [0.2, 0.25) is 0 Å². The molecule has 0 aliphatic carbocycles. The molecule has 1 saturated heterocycles. The summed E-state index contributed by atoms with van der Waals surface area (Å²) in [4.78, 5) is 14.4. The third kappa shape index (κ3) is 3.38. The molecule has 5 nitrogen and oxygen atoms in total. The number of carbonyl (C=O) groups excluding carboxylic acids is 1. The molecule has 4 N–H and O–H groups in total. The summed E-state index contributed by atoms with van der Waals surface area (Å²) in [5, 5.41) is 12.5. The summed E-state index contributed by atoms with van der Waals surface area (Å²) in [6.07, 6.45) is 1.95. The van der Waals surface area contributed by atoms with Crippen LogP contribution in [0.15, 0.2) is 18.2 Å². The van der Waals surface area contributed by atoms with Crippen molar-refractivity contribution in [3.8, 4) is 5.75 Å². The summed E-state index contributed by atoms with van der Waals surface area (Å²) < 4.78 is 0. The van der Waals surface area contributed by atoms with Gasteiger partial charge in [0.25, 0.3) is 5.91 Å². The predicted molar refractivity (Wildman–Crippen MR) is 75.1 cm³/mol. The Bertz CT molecular complexity index is 454. The number of nitrogens with one attached hydrogen (secondary N) is 1. The first kappa shape index (κ1) is 13.7. The highest BCUT2D eigenvalue weighted by Crippen LogP contribution is 2.21. The molecule has 104 valence electrons. The molecule has 1 aromatic rings. The van der Waals surface area contributed by atoms with Crippen LogP contribution >= 0.6 is 0 Å². The minimum Gasteiger partial charge on any atom is -0.506 e. The van der Waals surface area contributed by atoms with E-state index in [0.29, 0.717) is 5.56 Å². The lowest BCUT2D eigenvalue weighted by Gasteiger charge is -2.31. The molecule has 2 rings (SSSR count). The number of aromatic hydroxyl groups is 1. The fourth-order valence-electron chi connectivity index (χ4n) is 2.35. The molecule has 0 radical (unpaired) electrons. The van der Waals surface area contributed by atoms with E-state index in [9.17, 15) is 9.90 Å². The molecule has 1 aliphatic heterocycles. The van der Waals surface area contributed by atoms with E-state index in [1.807, 2.05) is 0 Å². The molecule has 1 amide bonds. The van der Waals surface area contributed by atoms with Crippen LogP contribution in [0.1, 0.15) is 30.1 Å². The van der Waals surface area contributed by atoms with Crippen molar-refractivity contribution in [3.63, 3.8) is 0 Å². The van der Waals surface area contributed by atoms with Crippen molar-refractivity contribution in [1.29, 1.82) is 0 Å². The number of nitrogens with two attached hydrogens (primary N) is 1. The number of amides is 1. The standard InChI is InChI=1S/C14H21N3O2/c1-2-17-7-5-11(6-8-17)16-14(19)10-3-4-12(15)13(18)9-10/h3-4,9,11,18H,2,5-8,15H2,1H3,(H,16,19). The highest BCUT2D eigenvalue weighted by molar-refractivity contribution is 5.95. The van der Waals surface area contributed by atoms with Crippen molar-refractivity contribution < 1.29 is 9.90 Å². The van der Waals surface area contributed by atoms with Gasteiger partial charge < -0.3 is 21.1 Å². The van der Waals surface area contributed by atoms with Gasteiger partial charge in [-0.3, -0.25) is 4.79 Å². The Morgan fingerprint density at radius 1 is 1.47 bits per heavy atom. The molecule has 1 fully saturated rings. The Morgan fingerprint density at radius 2 is 2.16 bits per heavy atom. The normalized spacial score (nSPS) is 17.3. The molecular formula is C14H21N3O2. The molecule has 1 heterocycles. The zero-order valence-electron chi connectivity index (χ0n) is 11.2. The highest BCUT2D eigenvalue weighted by Gasteiger charge is 2.20. The number of likely N-dealkylation sites (tertiary alicyclic amines) is 1. The molecule has 1 aromatic carbocycles. The van der Waals surface area contributed by atoms with Gasteiger partial charge in [-0.15, -0.1) is 0 Å². The van der Waals surface area contributed by atoms with Crippen molar-refractivity contribution >= 4 is 11.6 Å². The third-order valence-electron chi connectivity index (χ3n) is 3.66. The second-order valence-electron chi connectivity index (χ2n) is 4.96. The van der Waals surface area contributed by atoms with E-state index in [4.69, 9.17) is 5.73 Å². The van der Waals surface area contributed by atoms with Crippen molar-refractivity contribution in [2.45, 2.75) is 25.8 Å². The van der Waals surface area contributed by atoms with E-state index in [1.54, 1.807) is 12.1 Å². The summed E-state index contributed by atoms with van der Waals surface area (Å²) in [6.45, 7) is 5.26. The first-order valence-electron chi connectivity index (χ1n) is 6.72. The fraction of sp³-hybridized carbons (Fsp3) is 0.500. The maximum Gasteiger partial charge on any atom is 0.251 e. The van der Waals surface area contributed by atoms with Gasteiger partial charge in [0.15, 0.2) is 0 Å². The largest absolute Gasteiger partial charge is 0.506 e. The SMILES string of the molecule is CCN1CCC(NC(=O)c2ccc(N)c(O)c2)CC1. The van der Waals surface area contributed by atoms with Crippen LogP contribution in [0.3, 0.4) is 0 Å². The third-order valence-corrected chi connectivity index (χ3v) is 3.66. The van der Waals surface area contributed by atoms with Crippen LogP contribution in [-0.4, -0.2) is 41.6 Å². The van der Waals surface area contributed by atoms with Crippen molar-refractivity contribution in [2.24, 2.45) is 0 Å². The number of carbonyl (C=O) groups is 1. The van der Waals surface area contributed by atoms with Gasteiger partial charge >= 0.3 is 0 Å². The van der Waals surface area contributed by atoms with Gasteiger partial charge in [-0.25, -0.2) is 0 Å². The van der Waals surface area contributed by atoms with Crippen LogP contribution in [0, 0.1) is 0 Å². The number of nitrogen functional groups attached to an aromatic ring is 1. The van der Waals surface area contributed by atoms with E-state index in [-0.39, 0.29) is 23.4 Å². The van der Waals surface area contributed by atoms with Crippen LogP contribution in [-0.2, 0) is 0 Å². The number of phenolic OH excluding ortho intramolecular Hbond substituents is 1. The molecule has 1 aliphatic rings. The average molecular weight is 263 g/mol. The lowest BCUT2D eigenvalue weighted by molar-refractivity contribution is 0.0912. The monoisotopic (exact) mass is 263 g/mol.